The van der Waals surface area contributed by atoms with E-state index in [0.29, 0.717) is 4.90 Å². The van der Waals surface area contributed by atoms with E-state index in [2.05, 4.69) is 11.7 Å². The van der Waals surface area contributed by atoms with Gasteiger partial charge >= 0.3 is 0 Å². The van der Waals surface area contributed by atoms with Crippen molar-refractivity contribution in [3.05, 3.63) is 18.2 Å². The SMILES string of the molecule is O=S(=O)(Cl)c1ccc(SS)c(O)c1. The lowest BCUT2D eigenvalue weighted by Gasteiger charge is -2.01. The largest absolute Gasteiger partial charge is 0.507 e. The van der Waals surface area contributed by atoms with Gasteiger partial charge in [-0.15, -0.1) is 11.7 Å². The maximum atomic E-state index is 10.8. The van der Waals surface area contributed by atoms with Crippen molar-refractivity contribution >= 4 is 42.2 Å². The number of hydrogen-bond donors (Lipinski definition) is 2. The van der Waals surface area contributed by atoms with Crippen LogP contribution in [0, 0.1) is 0 Å². The number of hydrogen-bond acceptors (Lipinski definition) is 5. The van der Waals surface area contributed by atoms with Crippen molar-refractivity contribution in [3.63, 3.8) is 0 Å². The van der Waals surface area contributed by atoms with Crippen molar-refractivity contribution in [1.29, 1.82) is 0 Å². The zero-order chi connectivity index (χ0) is 10.1. The predicted molar refractivity (Wildman–Crippen MR) is 56.0 cm³/mol. The van der Waals surface area contributed by atoms with Crippen molar-refractivity contribution in [1.82, 2.24) is 0 Å². The van der Waals surface area contributed by atoms with Gasteiger partial charge in [0.1, 0.15) is 5.75 Å². The molecule has 72 valence electrons. The van der Waals surface area contributed by atoms with Crippen molar-refractivity contribution in [2.45, 2.75) is 9.79 Å². The molecule has 0 unspecified atom stereocenters. The van der Waals surface area contributed by atoms with E-state index >= 15 is 0 Å². The molecule has 0 saturated heterocycles. The van der Waals surface area contributed by atoms with Crippen LogP contribution in [-0.2, 0) is 9.05 Å². The van der Waals surface area contributed by atoms with Crippen LogP contribution in [0.25, 0.3) is 0 Å². The molecule has 0 saturated carbocycles. The molecule has 0 aliphatic heterocycles. The van der Waals surface area contributed by atoms with Crippen LogP contribution in [0.1, 0.15) is 0 Å². The molecule has 7 heteroatoms. The Morgan fingerprint density at radius 2 is 2.08 bits per heavy atom. The molecule has 13 heavy (non-hydrogen) atoms. The Balaban J connectivity index is 3.26. The van der Waals surface area contributed by atoms with Crippen molar-refractivity contribution in [2.24, 2.45) is 0 Å². The lowest BCUT2D eigenvalue weighted by Crippen LogP contribution is -1.89. The maximum Gasteiger partial charge on any atom is 0.261 e. The van der Waals surface area contributed by atoms with Crippen LogP contribution in [0.2, 0.25) is 0 Å². The Morgan fingerprint density at radius 1 is 1.46 bits per heavy atom. The molecule has 3 nitrogen and oxygen atoms in total. The van der Waals surface area contributed by atoms with Crippen LogP contribution >= 0.6 is 33.1 Å². The first-order chi connectivity index (χ1) is 5.95. The number of phenolic OH excluding ortho intramolecular Hbond substituents is 1. The minimum Gasteiger partial charge on any atom is -0.507 e. The van der Waals surface area contributed by atoms with E-state index < -0.39 is 9.05 Å². The van der Waals surface area contributed by atoms with E-state index in [-0.39, 0.29) is 10.6 Å². The number of aromatic hydroxyl groups is 1. The van der Waals surface area contributed by atoms with Gasteiger partial charge < -0.3 is 5.11 Å². The van der Waals surface area contributed by atoms with Crippen LogP contribution in [0.5, 0.6) is 5.75 Å². The Bertz CT molecular complexity index is 415. The van der Waals surface area contributed by atoms with Crippen molar-refractivity contribution in [3.8, 4) is 5.75 Å². The summed E-state index contributed by atoms with van der Waals surface area (Å²) >= 11 is 3.86. The van der Waals surface area contributed by atoms with Crippen LogP contribution in [0.4, 0.5) is 0 Å². The second-order valence-electron chi connectivity index (χ2n) is 2.16. The zero-order valence-corrected chi connectivity index (χ0v) is 9.42. The third kappa shape index (κ3) is 2.70. The molecule has 1 aromatic carbocycles. The average Bonchev–Trinajstić information content (AvgIpc) is 2.02. The summed E-state index contributed by atoms with van der Waals surface area (Å²) in [5.74, 6) is -0.151. The molecule has 0 radical (unpaired) electrons. The van der Waals surface area contributed by atoms with Gasteiger partial charge in [-0.1, -0.05) is 10.8 Å². The van der Waals surface area contributed by atoms with Gasteiger partial charge in [-0.3, -0.25) is 0 Å². The Morgan fingerprint density at radius 3 is 2.46 bits per heavy atom. The van der Waals surface area contributed by atoms with Gasteiger partial charge in [-0.05, 0) is 12.1 Å². The normalized spacial score (nSPS) is 11.5. The van der Waals surface area contributed by atoms with Crippen LogP contribution in [0.3, 0.4) is 0 Å². The van der Waals surface area contributed by atoms with Gasteiger partial charge in [0.25, 0.3) is 9.05 Å². The van der Waals surface area contributed by atoms with E-state index in [9.17, 15) is 13.5 Å². The minimum absolute atomic E-state index is 0.127. The molecule has 0 aliphatic carbocycles. The quantitative estimate of drug-likeness (QED) is 0.484. The third-order valence-corrected chi connectivity index (χ3v) is 3.79. The molecule has 0 aromatic heterocycles. The van der Waals surface area contributed by atoms with Gasteiger partial charge in [0, 0.05) is 16.7 Å². The first-order valence-electron chi connectivity index (χ1n) is 3.04. The molecule has 0 aliphatic rings. The van der Waals surface area contributed by atoms with E-state index in [0.717, 1.165) is 16.9 Å². The molecule has 0 spiro atoms. The summed E-state index contributed by atoms with van der Waals surface area (Å²) < 4.78 is 21.6. The topological polar surface area (TPSA) is 54.4 Å². The summed E-state index contributed by atoms with van der Waals surface area (Å²) in [4.78, 5) is 0.352. The highest BCUT2D eigenvalue weighted by molar-refractivity contribution is 8.68. The van der Waals surface area contributed by atoms with Crippen LogP contribution < -0.4 is 0 Å². The molecule has 1 N–H and O–H groups in total. The van der Waals surface area contributed by atoms with E-state index in [1.165, 1.54) is 12.1 Å². The standard InChI is InChI=1S/C6H5ClO3S3/c7-13(9,10)4-1-2-6(12-11)5(8)3-4/h1-3,8,11H. The van der Waals surface area contributed by atoms with E-state index in [4.69, 9.17) is 10.7 Å². The molecule has 0 amide bonds. The molecule has 0 bridgehead atoms. The average molecular weight is 257 g/mol. The Kier molecular flexibility index (Phi) is 3.39. The van der Waals surface area contributed by atoms with Gasteiger partial charge in [0.15, 0.2) is 0 Å². The lowest BCUT2D eigenvalue weighted by molar-refractivity contribution is 0.460. The fourth-order valence-corrected chi connectivity index (χ4v) is 2.24. The lowest BCUT2D eigenvalue weighted by atomic mass is 10.3. The monoisotopic (exact) mass is 256 g/mol. The fraction of sp³-hybridized carbons (Fsp3) is 0. The number of halogens is 1. The van der Waals surface area contributed by atoms with Gasteiger partial charge in [-0.2, -0.15) is 0 Å². The second-order valence-corrected chi connectivity index (χ2v) is 5.89. The predicted octanol–water partition coefficient (Wildman–Crippen LogP) is 2.26. The highest BCUT2D eigenvalue weighted by atomic mass is 35.7. The number of thiol groups is 1. The molecule has 0 fully saturated rings. The Hall–Kier alpha value is -0.0400. The molecular weight excluding hydrogens is 252 g/mol. The van der Waals surface area contributed by atoms with Gasteiger partial charge in [0.2, 0.25) is 0 Å². The van der Waals surface area contributed by atoms with Crippen LogP contribution in [0.15, 0.2) is 28.0 Å². The summed E-state index contributed by atoms with van der Waals surface area (Å²) in [6, 6.07) is 3.82. The number of phenols is 1. The summed E-state index contributed by atoms with van der Waals surface area (Å²) in [7, 11) is 2.31. The van der Waals surface area contributed by atoms with Crippen molar-refractivity contribution in [2.75, 3.05) is 0 Å². The summed E-state index contributed by atoms with van der Waals surface area (Å²) in [5, 5.41) is 9.26. The van der Waals surface area contributed by atoms with E-state index in [1.54, 1.807) is 0 Å². The highest BCUT2D eigenvalue weighted by Crippen LogP contribution is 2.33. The zero-order valence-electron chi connectivity index (χ0n) is 6.14. The summed E-state index contributed by atoms with van der Waals surface area (Å²) in [6.07, 6.45) is 0. The van der Waals surface area contributed by atoms with Crippen LogP contribution in [-0.4, -0.2) is 13.5 Å². The van der Waals surface area contributed by atoms with E-state index in [1.807, 2.05) is 0 Å². The molecule has 1 aromatic rings. The maximum absolute atomic E-state index is 10.8. The third-order valence-electron chi connectivity index (χ3n) is 1.31. The second kappa shape index (κ2) is 4.00. The summed E-state index contributed by atoms with van der Waals surface area (Å²) in [5.41, 5.74) is 0. The Labute approximate surface area is 89.3 Å². The first-order valence-corrected chi connectivity index (χ1v) is 7.22. The number of benzene rings is 1. The molecule has 1 rings (SSSR count). The smallest absolute Gasteiger partial charge is 0.261 e. The fourth-order valence-electron chi connectivity index (χ4n) is 0.726. The molecular formula is C6H5ClO3S3. The highest BCUT2D eigenvalue weighted by Gasteiger charge is 2.12. The molecule has 0 heterocycles. The van der Waals surface area contributed by atoms with Crippen molar-refractivity contribution < 1.29 is 13.5 Å². The van der Waals surface area contributed by atoms with Gasteiger partial charge in [0.05, 0.1) is 9.79 Å². The summed E-state index contributed by atoms with van der Waals surface area (Å²) in [6.45, 7) is 0. The van der Waals surface area contributed by atoms with Gasteiger partial charge in [-0.25, -0.2) is 8.42 Å². The minimum atomic E-state index is -3.77. The number of rotatable bonds is 2. The first kappa shape index (κ1) is 11.0. The molecule has 0 atom stereocenters.